The first kappa shape index (κ1) is 31.8. The van der Waals surface area contributed by atoms with Crippen molar-refractivity contribution in [1.29, 1.82) is 0 Å². The van der Waals surface area contributed by atoms with E-state index in [2.05, 4.69) is 157 Å². The van der Waals surface area contributed by atoms with Gasteiger partial charge < -0.3 is 4.74 Å². The number of rotatable bonds is 9. The van der Waals surface area contributed by atoms with E-state index in [0.29, 0.717) is 6.61 Å². The third-order valence-electron chi connectivity index (χ3n) is 10.0. The van der Waals surface area contributed by atoms with Crippen LogP contribution < -0.4 is 9.92 Å². The fraction of sp³-hybridized carbons (Fsp3) is 0.273. The van der Waals surface area contributed by atoms with Crippen molar-refractivity contribution in [1.82, 2.24) is 0 Å². The minimum Gasteiger partial charge on any atom is -0.489 e. The minimum atomic E-state index is -2.30. The third kappa shape index (κ3) is 5.58. The Balaban J connectivity index is 1.61. The van der Waals surface area contributed by atoms with E-state index >= 15 is 0 Å². The Kier molecular flexibility index (Phi) is 8.70. The van der Waals surface area contributed by atoms with Gasteiger partial charge in [0.2, 0.25) is 0 Å². The summed E-state index contributed by atoms with van der Waals surface area (Å²) in [4.78, 5) is 0. The molecule has 0 bridgehead atoms. The Morgan fingerprint density at radius 3 is 1.67 bits per heavy atom. The molecule has 0 fully saturated rings. The van der Waals surface area contributed by atoms with Crippen LogP contribution in [0.5, 0.6) is 5.75 Å². The number of hydrogen-bond donors (Lipinski definition) is 0. The third-order valence-corrected chi connectivity index (χ3v) is 13.9. The molecule has 0 radical (unpaired) electrons. The SMILES string of the molecule is C=CCOc1c(C(C)(C)C)cccc1[Si](C)(C)C1c2cc(-c3ccccc3CC)ccc2-c2ccc(-c3ccccc3CC)cc21. The molecule has 0 spiro atoms. The first-order chi connectivity index (χ1) is 22.1. The van der Waals surface area contributed by atoms with Crippen molar-refractivity contribution in [2.24, 2.45) is 0 Å². The van der Waals surface area contributed by atoms with E-state index in [0.717, 1.165) is 18.6 Å². The summed E-state index contributed by atoms with van der Waals surface area (Å²) < 4.78 is 6.63. The van der Waals surface area contributed by atoms with Gasteiger partial charge in [0.05, 0.1) is 8.07 Å². The molecule has 0 aliphatic heterocycles. The topological polar surface area (TPSA) is 9.23 Å². The Morgan fingerprint density at radius 1 is 0.674 bits per heavy atom. The lowest BCUT2D eigenvalue weighted by Crippen LogP contribution is -2.49. The maximum Gasteiger partial charge on any atom is 0.122 e. The van der Waals surface area contributed by atoms with E-state index in [1.54, 1.807) is 0 Å². The van der Waals surface area contributed by atoms with Crippen molar-refractivity contribution in [3.63, 3.8) is 0 Å². The van der Waals surface area contributed by atoms with Gasteiger partial charge in [0.25, 0.3) is 0 Å². The van der Waals surface area contributed by atoms with E-state index < -0.39 is 8.07 Å². The summed E-state index contributed by atoms with van der Waals surface area (Å²) in [6, 6.07) is 39.1. The zero-order chi connectivity index (χ0) is 32.6. The highest BCUT2D eigenvalue weighted by Crippen LogP contribution is 2.52. The highest BCUT2D eigenvalue weighted by atomic mass is 28.3. The molecule has 0 unspecified atom stereocenters. The van der Waals surface area contributed by atoms with Crippen LogP contribution in [0.15, 0.2) is 116 Å². The lowest BCUT2D eigenvalue weighted by Gasteiger charge is -2.35. The fourth-order valence-corrected chi connectivity index (χ4v) is 11.3. The number of benzene rings is 5. The van der Waals surface area contributed by atoms with Crippen molar-refractivity contribution in [3.8, 4) is 39.1 Å². The van der Waals surface area contributed by atoms with Gasteiger partial charge in [-0.15, -0.1) is 0 Å². The molecule has 0 saturated heterocycles. The van der Waals surface area contributed by atoms with Crippen molar-refractivity contribution < 1.29 is 4.74 Å². The van der Waals surface area contributed by atoms with Gasteiger partial charge in [-0.3, -0.25) is 0 Å². The molecule has 0 N–H and O–H groups in total. The van der Waals surface area contributed by atoms with Gasteiger partial charge in [-0.25, -0.2) is 0 Å². The Hall–Kier alpha value is -4.14. The molecule has 1 aliphatic carbocycles. The van der Waals surface area contributed by atoms with Crippen LogP contribution in [0.1, 0.15) is 68.0 Å². The van der Waals surface area contributed by atoms with E-state index in [4.69, 9.17) is 4.74 Å². The van der Waals surface area contributed by atoms with Crippen LogP contribution in [-0.4, -0.2) is 14.7 Å². The molecule has 5 aromatic rings. The molecular weight excluding hydrogens is 573 g/mol. The maximum absolute atomic E-state index is 6.63. The summed E-state index contributed by atoms with van der Waals surface area (Å²) in [7, 11) is -2.30. The van der Waals surface area contributed by atoms with E-state index in [9.17, 15) is 0 Å². The van der Waals surface area contributed by atoms with Crippen LogP contribution in [0.25, 0.3) is 33.4 Å². The van der Waals surface area contributed by atoms with Crippen LogP contribution in [0.4, 0.5) is 0 Å². The monoisotopic (exact) mass is 620 g/mol. The zero-order valence-electron chi connectivity index (χ0n) is 28.7. The van der Waals surface area contributed by atoms with Gasteiger partial charge in [-0.1, -0.05) is 163 Å². The molecule has 2 heteroatoms. The molecule has 1 aliphatic rings. The van der Waals surface area contributed by atoms with Gasteiger partial charge in [0.15, 0.2) is 0 Å². The minimum absolute atomic E-state index is 0.0451. The van der Waals surface area contributed by atoms with E-state index in [-0.39, 0.29) is 11.0 Å². The molecule has 0 atom stereocenters. The average molecular weight is 621 g/mol. The summed E-state index contributed by atoms with van der Waals surface area (Å²) in [5.74, 6) is 1.06. The lowest BCUT2D eigenvalue weighted by molar-refractivity contribution is 0.354. The van der Waals surface area contributed by atoms with Crippen LogP contribution in [0.2, 0.25) is 13.1 Å². The molecular formula is C44H48OSi. The van der Waals surface area contributed by atoms with Crippen molar-refractivity contribution in [2.45, 2.75) is 71.5 Å². The molecule has 6 rings (SSSR count). The van der Waals surface area contributed by atoms with Crippen LogP contribution in [0.3, 0.4) is 0 Å². The van der Waals surface area contributed by atoms with Crippen LogP contribution in [-0.2, 0) is 18.3 Å². The summed E-state index contributed by atoms with van der Waals surface area (Å²) in [5.41, 5.74) is 15.2. The number of hydrogen-bond acceptors (Lipinski definition) is 1. The quantitative estimate of drug-likeness (QED) is 0.118. The maximum atomic E-state index is 6.63. The van der Waals surface area contributed by atoms with Crippen molar-refractivity contribution in [3.05, 3.63) is 144 Å². The molecule has 5 aromatic carbocycles. The number of fused-ring (bicyclic) bond motifs is 3. The zero-order valence-corrected chi connectivity index (χ0v) is 29.7. The largest absolute Gasteiger partial charge is 0.489 e. The number of ether oxygens (including phenoxy) is 1. The normalized spacial score (nSPS) is 12.9. The van der Waals surface area contributed by atoms with Gasteiger partial charge in [-0.05, 0) is 84.6 Å². The van der Waals surface area contributed by atoms with Crippen LogP contribution in [0, 0.1) is 0 Å². The Bertz CT molecular complexity index is 1810. The summed E-state index contributed by atoms with van der Waals surface area (Å²) >= 11 is 0. The van der Waals surface area contributed by atoms with E-state index in [1.165, 1.54) is 66.4 Å². The molecule has 0 heterocycles. The molecule has 0 saturated carbocycles. The van der Waals surface area contributed by atoms with Crippen molar-refractivity contribution in [2.75, 3.05) is 6.61 Å². The second kappa shape index (κ2) is 12.6. The van der Waals surface area contributed by atoms with Gasteiger partial charge in [0, 0.05) is 5.54 Å². The van der Waals surface area contributed by atoms with E-state index in [1.807, 2.05) is 6.08 Å². The first-order valence-electron chi connectivity index (χ1n) is 16.9. The fourth-order valence-electron chi connectivity index (χ4n) is 7.68. The average Bonchev–Trinajstić information content (AvgIpc) is 3.40. The smallest absolute Gasteiger partial charge is 0.122 e. The van der Waals surface area contributed by atoms with Crippen LogP contribution >= 0.6 is 0 Å². The molecule has 234 valence electrons. The van der Waals surface area contributed by atoms with Crippen molar-refractivity contribution >= 4 is 13.3 Å². The standard InChI is InChI=1S/C44H48OSi/c1-9-27-45-42-40(44(4,5)6)21-16-22-41(42)46(7,8)43-38-28-32(34-19-14-12-17-30(34)10-2)23-25-36(38)37-26-24-33(29-39(37)43)35-20-15-13-18-31(35)11-3/h9,12-26,28-29,43H,1,10-11,27H2,2-8H3. The molecule has 0 aromatic heterocycles. The number of aryl methyl sites for hydroxylation is 2. The predicted octanol–water partition coefficient (Wildman–Crippen LogP) is 11.3. The lowest BCUT2D eigenvalue weighted by atomic mass is 9.86. The summed E-state index contributed by atoms with van der Waals surface area (Å²) in [5, 5.41) is 1.38. The first-order valence-corrected chi connectivity index (χ1v) is 20.0. The summed E-state index contributed by atoms with van der Waals surface area (Å²) in [6.07, 6.45) is 3.90. The Morgan fingerprint density at radius 2 is 1.20 bits per heavy atom. The predicted molar refractivity (Wildman–Crippen MR) is 201 cm³/mol. The van der Waals surface area contributed by atoms with Gasteiger partial charge >= 0.3 is 0 Å². The second-order valence-electron chi connectivity index (χ2n) is 14.3. The van der Waals surface area contributed by atoms with Gasteiger partial charge in [0.1, 0.15) is 12.4 Å². The highest BCUT2D eigenvalue weighted by Gasteiger charge is 2.44. The van der Waals surface area contributed by atoms with Gasteiger partial charge in [-0.2, -0.15) is 0 Å². The molecule has 0 amide bonds. The number of para-hydroxylation sites is 1. The molecule has 46 heavy (non-hydrogen) atoms. The highest BCUT2D eigenvalue weighted by molar-refractivity contribution is 6.92. The Labute approximate surface area is 278 Å². The molecule has 1 nitrogen and oxygen atoms in total. The summed E-state index contributed by atoms with van der Waals surface area (Å²) in [6.45, 7) is 21.0. The second-order valence-corrected chi connectivity index (χ2v) is 18.9.